The first-order valence-corrected chi connectivity index (χ1v) is 13.3. The van der Waals surface area contributed by atoms with Crippen LogP contribution >= 0.6 is 0 Å². The fraction of sp³-hybridized carbons (Fsp3) is 0.375. The first-order chi connectivity index (χ1) is 18.9. The van der Waals surface area contributed by atoms with Crippen molar-refractivity contribution in [1.29, 1.82) is 0 Å². The van der Waals surface area contributed by atoms with Crippen LogP contribution in [0, 0.1) is 0 Å². The SMILES string of the molecule is CCCCCC(COC(c1ccccc1)(c1ccc(OC)cc1)c1ccc(OC)cc1)OC(=O)CCC(=O)O. The summed E-state index contributed by atoms with van der Waals surface area (Å²) in [5, 5.41) is 8.98. The Labute approximate surface area is 230 Å². The molecule has 1 N–H and O–H groups in total. The molecule has 7 heteroatoms. The van der Waals surface area contributed by atoms with Crippen molar-refractivity contribution in [3.63, 3.8) is 0 Å². The minimum absolute atomic E-state index is 0.121. The van der Waals surface area contributed by atoms with Gasteiger partial charge in [-0.1, -0.05) is 74.4 Å². The lowest BCUT2D eigenvalue weighted by Crippen LogP contribution is -2.37. The van der Waals surface area contributed by atoms with Gasteiger partial charge in [0.2, 0.25) is 0 Å². The summed E-state index contributed by atoms with van der Waals surface area (Å²) in [6.07, 6.45) is 2.50. The molecule has 0 spiro atoms. The first kappa shape index (κ1) is 29.7. The van der Waals surface area contributed by atoms with Crippen LogP contribution in [0.25, 0.3) is 0 Å². The third-order valence-corrected chi connectivity index (χ3v) is 6.63. The molecule has 0 amide bonds. The number of unbranched alkanes of at least 4 members (excludes halogenated alkanes) is 2. The summed E-state index contributed by atoms with van der Waals surface area (Å²) >= 11 is 0. The maximum Gasteiger partial charge on any atom is 0.306 e. The highest BCUT2D eigenvalue weighted by Gasteiger charge is 2.39. The number of aliphatic carboxylic acids is 1. The molecule has 0 bridgehead atoms. The van der Waals surface area contributed by atoms with E-state index in [0.29, 0.717) is 6.42 Å². The predicted molar refractivity (Wildman–Crippen MR) is 149 cm³/mol. The Morgan fingerprint density at radius 1 is 0.769 bits per heavy atom. The van der Waals surface area contributed by atoms with Crippen LogP contribution in [0.5, 0.6) is 11.5 Å². The lowest BCUT2D eigenvalue weighted by atomic mass is 9.80. The zero-order valence-electron chi connectivity index (χ0n) is 22.9. The lowest BCUT2D eigenvalue weighted by molar-refractivity contribution is -0.157. The number of methoxy groups -OCH3 is 2. The molecule has 0 aromatic heterocycles. The molecule has 208 valence electrons. The number of carboxylic acids is 1. The average Bonchev–Trinajstić information content (AvgIpc) is 2.97. The number of hydrogen-bond donors (Lipinski definition) is 1. The maximum atomic E-state index is 12.5. The van der Waals surface area contributed by atoms with Crippen molar-refractivity contribution in [2.75, 3.05) is 20.8 Å². The molecule has 0 aliphatic heterocycles. The van der Waals surface area contributed by atoms with Gasteiger partial charge >= 0.3 is 11.9 Å². The lowest BCUT2D eigenvalue weighted by Gasteiger charge is -2.37. The molecule has 0 aliphatic carbocycles. The van der Waals surface area contributed by atoms with Crippen molar-refractivity contribution >= 4 is 11.9 Å². The van der Waals surface area contributed by atoms with Crippen molar-refractivity contribution < 1.29 is 33.6 Å². The van der Waals surface area contributed by atoms with E-state index in [4.69, 9.17) is 24.1 Å². The molecule has 1 unspecified atom stereocenters. The highest BCUT2D eigenvalue weighted by molar-refractivity contribution is 5.76. The molecule has 1 atom stereocenters. The Balaban J connectivity index is 2.05. The van der Waals surface area contributed by atoms with Gasteiger partial charge in [-0.05, 0) is 53.8 Å². The van der Waals surface area contributed by atoms with Gasteiger partial charge in [-0.2, -0.15) is 0 Å². The number of carboxylic acid groups (broad SMARTS) is 1. The highest BCUT2D eigenvalue weighted by Crippen LogP contribution is 2.42. The van der Waals surface area contributed by atoms with Crippen LogP contribution in [0.2, 0.25) is 0 Å². The van der Waals surface area contributed by atoms with E-state index in [0.717, 1.165) is 47.5 Å². The number of carbonyl (C=O) groups is 2. The van der Waals surface area contributed by atoms with Crippen LogP contribution in [-0.4, -0.2) is 44.0 Å². The van der Waals surface area contributed by atoms with E-state index in [2.05, 4.69) is 6.92 Å². The Morgan fingerprint density at radius 2 is 1.31 bits per heavy atom. The van der Waals surface area contributed by atoms with E-state index in [1.54, 1.807) is 14.2 Å². The Hall–Kier alpha value is -3.84. The molecule has 0 saturated carbocycles. The summed E-state index contributed by atoms with van der Waals surface area (Å²) < 4.78 is 23.4. The molecule has 7 nitrogen and oxygen atoms in total. The normalized spacial score (nSPS) is 12.0. The van der Waals surface area contributed by atoms with E-state index in [1.165, 1.54) is 0 Å². The quantitative estimate of drug-likeness (QED) is 0.130. The standard InChI is InChI=1S/C32H38O7/c1-4-5-7-12-29(39-31(35)22-21-30(33)34)23-38-32(24-10-8-6-9-11-24,25-13-17-27(36-2)18-14-25)26-15-19-28(37-3)20-16-26/h6,8-11,13-20,29H,4-5,7,12,21-23H2,1-3H3,(H,33,34). The summed E-state index contributed by atoms with van der Waals surface area (Å²) in [4.78, 5) is 23.5. The van der Waals surface area contributed by atoms with Gasteiger partial charge in [0.25, 0.3) is 0 Å². The maximum absolute atomic E-state index is 12.5. The molecule has 3 aromatic carbocycles. The summed E-state index contributed by atoms with van der Waals surface area (Å²) in [5.41, 5.74) is 1.63. The van der Waals surface area contributed by atoms with Gasteiger partial charge in [0.1, 0.15) is 23.2 Å². The van der Waals surface area contributed by atoms with Gasteiger partial charge in [0.05, 0.1) is 33.7 Å². The first-order valence-electron chi connectivity index (χ1n) is 13.3. The number of ether oxygens (including phenoxy) is 4. The Kier molecular flexibility index (Phi) is 11.4. The molecule has 0 saturated heterocycles. The van der Waals surface area contributed by atoms with E-state index >= 15 is 0 Å². The fourth-order valence-corrected chi connectivity index (χ4v) is 4.54. The van der Waals surface area contributed by atoms with Crippen molar-refractivity contribution in [3.8, 4) is 11.5 Å². The molecule has 39 heavy (non-hydrogen) atoms. The van der Waals surface area contributed by atoms with Crippen molar-refractivity contribution in [2.45, 2.75) is 57.2 Å². The summed E-state index contributed by atoms with van der Waals surface area (Å²) in [6, 6.07) is 25.4. The van der Waals surface area contributed by atoms with Crippen LogP contribution in [0.3, 0.4) is 0 Å². The largest absolute Gasteiger partial charge is 0.497 e. The number of rotatable bonds is 16. The Bertz CT molecular complexity index is 1110. The van der Waals surface area contributed by atoms with Crippen LogP contribution in [-0.2, 0) is 24.7 Å². The summed E-state index contributed by atoms with van der Waals surface area (Å²) in [6.45, 7) is 2.23. The van der Waals surface area contributed by atoms with Crippen LogP contribution in [0.4, 0.5) is 0 Å². The monoisotopic (exact) mass is 534 g/mol. The second-order valence-corrected chi connectivity index (χ2v) is 9.32. The van der Waals surface area contributed by atoms with Crippen LogP contribution in [0.1, 0.15) is 62.1 Å². The summed E-state index contributed by atoms with van der Waals surface area (Å²) in [5.74, 6) is -0.130. The molecule has 0 heterocycles. The van der Waals surface area contributed by atoms with E-state index < -0.39 is 23.6 Å². The third kappa shape index (κ3) is 8.07. The van der Waals surface area contributed by atoms with E-state index in [-0.39, 0.29) is 19.4 Å². The molecule has 3 rings (SSSR count). The molecular formula is C32H38O7. The highest BCUT2D eigenvalue weighted by atomic mass is 16.6. The minimum Gasteiger partial charge on any atom is -0.497 e. The molecule has 0 aliphatic rings. The number of hydrogen-bond acceptors (Lipinski definition) is 6. The average molecular weight is 535 g/mol. The van der Waals surface area contributed by atoms with Gasteiger partial charge in [0, 0.05) is 0 Å². The second-order valence-electron chi connectivity index (χ2n) is 9.32. The number of carbonyl (C=O) groups excluding carboxylic acids is 1. The van der Waals surface area contributed by atoms with E-state index in [9.17, 15) is 9.59 Å². The zero-order valence-corrected chi connectivity index (χ0v) is 22.9. The fourth-order valence-electron chi connectivity index (χ4n) is 4.54. The predicted octanol–water partition coefficient (Wildman–Crippen LogP) is 6.37. The van der Waals surface area contributed by atoms with Gasteiger partial charge in [-0.3, -0.25) is 9.59 Å². The number of esters is 1. The molecule has 3 aromatic rings. The van der Waals surface area contributed by atoms with E-state index in [1.807, 2.05) is 78.9 Å². The Morgan fingerprint density at radius 3 is 1.79 bits per heavy atom. The third-order valence-electron chi connectivity index (χ3n) is 6.63. The van der Waals surface area contributed by atoms with Gasteiger partial charge in [-0.15, -0.1) is 0 Å². The van der Waals surface area contributed by atoms with Crippen molar-refractivity contribution in [1.82, 2.24) is 0 Å². The van der Waals surface area contributed by atoms with Crippen molar-refractivity contribution in [2.24, 2.45) is 0 Å². The second kappa shape index (κ2) is 14.9. The summed E-state index contributed by atoms with van der Waals surface area (Å²) in [7, 11) is 3.25. The van der Waals surface area contributed by atoms with Gasteiger partial charge in [0.15, 0.2) is 0 Å². The van der Waals surface area contributed by atoms with Crippen molar-refractivity contribution in [3.05, 3.63) is 95.6 Å². The van der Waals surface area contributed by atoms with Gasteiger partial charge in [-0.25, -0.2) is 0 Å². The zero-order chi connectivity index (χ0) is 28.1. The molecule has 0 radical (unpaired) electrons. The topological polar surface area (TPSA) is 91.3 Å². The number of benzene rings is 3. The molecular weight excluding hydrogens is 496 g/mol. The van der Waals surface area contributed by atoms with Crippen LogP contribution < -0.4 is 9.47 Å². The minimum atomic E-state index is -1.03. The molecule has 0 fully saturated rings. The van der Waals surface area contributed by atoms with Gasteiger partial charge < -0.3 is 24.1 Å². The van der Waals surface area contributed by atoms with Crippen LogP contribution in [0.15, 0.2) is 78.9 Å². The smallest absolute Gasteiger partial charge is 0.306 e.